The van der Waals surface area contributed by atoms with Crippen molar-refractivity contribution in [3.8, 4) is 0 Å². The van der Waals surface area contributed by atoms with E-state index in [-0.39, 0.29) is 42.3 Å². The first-order valence-electron chi connectivity index (χ1n) is 6.20. The first-order chi connectivity index (χ1) is 7.92. The van der Waals surface area contributed by atoms with Gasteiger partial charge in [-0.25, -0.2) is 8.42 Å². The molecule has 0 rings (SSSR count). The summed E-state index contributed by atoms with van der Waals surface area (Å²) in [6, 6.07) is 0. The Bertz CT molecular complexity index is 267. The van der Waals surface area contributed by atoms with Crippen LogP contribution in [-0.4, -0.2) is 30.8 Å². The fourth-order valence-corrected chi connectivity index (χ4v) is 1.91. The average molecular weight is 290 g/mol. The van der Waals surface area contributed by atoms with Crippen molar-refractivity contribution in [2.75, 3.05) is 6.61 Å². The van der Waals surface area contributed by atoms with Gasteiger partial charge in [0.1, 0.15) is 0 Å². The van der Waals surface area contributed by atoms with Crippen LogP contribution in [0.3, 0.4) is 0 Å². The first-order valence-corrected chi connectivity index (χ1v) is 7.53. The number of aliphatic hydroxyl groups is 1. The molecule has 5 nitrogen and oxygen atoms in total. The maximum absolute atomic E-state index is 10.1. The third kappa shape index (κ3) is 19.2. The second kappa shape index (κ2) is 12.8. The standard InChI is InChI=1S/C11H24O5S.Na/c1-11(12)9-7-5-3-2-4-6-8-10-16-17(13,14)15;/h11-12H,2-10H2,1H3,(H,13,14,15);/q;+1/p-1. The van der Waals surface area contributed by atoms with E-state index in [4.69, 9.17) is 5.11 Å². The van der Waals surface area contributed by atoms with Gasteiger partial charge >= 0.3 is 29.6 Å². The zero-order valence-corrected chi connectivity index (χ0v) is 14.2. The Morgan fingerprint density at radius 2 is 1.50 bits per heavy atom. The molecule has 0 aliphatic carbocycles. The molecule has 104 valence electrons. The molecule has 0 radical (unpaired) electrons. The van der Waals surface area contributed by atoms with E-state index < -0.39 is 10.4 Å². The molecule has 1 unspecified atom stereocenters. The van der Waals surface area contributed by atoms with E-state index in [1.54, 1.807) is 6.92 Å². The van der Waals surface area contributed by atoms with Gasteiger partial charge in [0.15, 0.2) is 0 Å². The van der Waals surface area contributed by atoms with Gasteiger partial charge in [0.2, 0.25) is 10.4 Å². The smallest absolute Gasteiger partial charge is 0.726 e. The topological polar surface area (TPSA) is 86.7 Å². The molecule has 0 aliphatic rings. The molecule has 0 saturated carbocycles. The minimum atomic E-state index is -4.51. The summed E-state index contributed by atoms with van der Waals surface area (Å²) in [5.74, 6) is 0. The minimum absolute atomic E-state index is 0. The van der Waals surface area contributed by atoms with Gasteiger partial charge in [-0.15, -0.1) is 0 Å². The Morgan fingerprint density at radius 1 is 1.06 bits per heavy atom. The SMILES string of the molecule is CC(O)CCCCCCCCCOS(=O)(=O)[O-].[Na+]. The summed E-state index contributed by atoms with van der Waals surface area (Å²) in [5.41, 5.74) is 0. The second-order valence-corrected chi connectivity index (χ2v) is 5.39. The molecular weight excluding hydrogens is 267 g/mol. The van der Waals surface area contributed by atoms with Crippen LogP contribution in [0, 0.1) is 0 Å². The van der Waals surface area contributed by atoms with Gasteiger partial charge in [0.05, 0.1) is 12.7 Å². The van der Waals surface area contributed by atoms with E-state index in [1.807, 2.05) is 0 Å². The molecule has 0 aromatic rings. The van der Waals surface area contributed by atoms with Crippen molar-refractivity contribution in [2.45, 2.75) is 64.4 Å². The quantitative estimate of drug-likeness (QED) is 0.227. The van der Waals surface area contributed by atoms with Crippen LogP contribution in [0.25, 0.3) is 0 Å². The van der Waals surface area contributed by atoms with E-state index >= 15 is 0 Å². The molecule has 0 heterocycles. The van der Waals surface area contributed by atoms with Crippen molar-refractivity contribution in [1.29, 1.82) is 0 Å². The summed E-state index contributed by atoms with van der Waals surface area (Å²) in [4.78, 5) is 0. The summed E-state index contributed by atoms with van der Waals surface area (Å²) >= 11 is 0. The molecule has 0 fully saturated rings. The largest absolute Gasteiger partial charge is 1.00 e. The van der Waals surface area contributed by atoms with E-state index in [2.05, 4.69) is 4.18 Å². The molecule has 18 heavy (non-hydrogen) atoms. The zero-order chi connectivity index (χ0) is 13.1. The van der Waals surface area contributed by atoms with Gasteiger partial charge < -0.3 is 9.66 Å². The van der Waals surface area contributed by atoms with Gasteiger partial charge in [-0.2, -0.15) is 0 Å². The molecule has 0 aromatic carbocycles. The Kier molecular flexibility index (Phi) is 15.1. The van der Waals surface area contributed by atoms with Crippen molar-refractivity contribution < 1.29 is 51.8 Å². The Hall–Kier alpha value is 0.830. The zero-order valence-electron chi connectivity index (χ0n) is 11.4. The third-order valence-corrected chi connectivity index (χ3v) is 2.95. The van der Waals surface area contributed by atoms with Gasteiger partial charge in [-0.05, 0) is 19.8 Å². The van der Waals surface area contributed by atoms with E-state index in [9.17, 15) is 13.0 Å². The van der Waals surface area contributed by atoms with E-state index in [0.717, 1.165) is 44.9 Å². The van der Waals surface area contributed by atoms with Crippen LogP contribution in [0.4, 0.5) is 0 Å². The molecule has 0 bridgehead atoms. The fraction of sp³-hybridized carbons (Fsp3) is 1.00. The third-order valence-electron chi connectivity index (χ3n) is 2.49. The van der Waals surface area contributed by atoms with Gasteiger partial charge in [0, 0.05) is 0 Å². The number of aliphatic hydroxyl groups excluding tert-OH is 1. The van der Waals surface area contributed by atoms with Gasteiger partial charge in [0.25, 0.3) is 0 Å². The van der Waals surface area contributed by atoms with Crippen LogP contribution in [0.1, 0.15) is 58.3 Å². The summed E-state index contributed by atoms with van der Waals surface area (Å²) in [6.45, 7) is 1.79. The molecule has 0 aromatic heterocycles. The molecule has 1 atom stereocenters. The predicted molar refractivity (Wildman–Crippen MR) is 64.3 cm³/mol. The maximum Gasteiger partial charge on any atom is 1.00 e. The van der Waals surface area contributed by atoms with Crippen molar-refractivity contribution in [3.63, 3.8) is 0 Å². The summed E-state index contributed by atoms with van der Waals surface area (Å²) in [5, 5.41) is 9.03. The summed E-state index contributed by atoms with van der Waals surface area (Å²) in [6.07, 6.45) is 7.57. The average Bonchev–Trinajstić information content (AvgIpc) is 2.18. The Morgan fingerprint density at radius 3 is 1.94 bits per heavy atom. The second-order valence-electron chi connectivity index (χ2n) is 4.34. The summed E-state index contributed by atoms with van der Waals surface area (Å²) in [7, 11) is -4.51. The number of hydrogen-bond donors (Lipinski definition) is 1. The number of rotatable bonds is 11. The molecule has 7 heteroatoms. The number of hydrogen-bond acceptors (Lipinski definition) is 5. The van der Waals surface area contributed by atoms with Gasteiger partial charge in [-0.3, -0.25) is 4.18 Å². The first kappa shape index (κ1) is 21.1. The van der Waals surface area contributed by atoms with Crippen LogP contribution in [0.5, 0.6) is 0 Å². The minimum Gasteiger partial charge on any atom is -0.726 e. The van der Waals surface area contributed by atoms with Crippen molar-refractivity contribution in [3.05, 3.63) is 0 Å². The molecule has 0 amide bonds. The Labute approximate surface area is 133 Å². The Balaban J connectivity index is 0. The van der Waals surface area contributed by atoms with Crippen molar-refractivity contribution in [2.24, 2.45) is 0 Å². The van der Waals surface area contributed by atoms with Gasteiger partial charge in [-0.1, -0.05) is 38.5 Å². The molecule has 1 N–H and O–H groups in total. The van der Waals surface area contributed by atoms with Crippen LogP contribution >= 0.6 is 0 Å². The van der Waals surface area contributed by atoms with Crippen LogP contribution in [-0.2, 0) is 14.6 Å². The van der Waals surface area contributed by atoms with Crippen molar-refractivity contribution in [1.82, 2.24) is 0 Å². The molecule has 0 spiro atoms. The van der Waals surface area contributed by atoms with Crippen LogP contribution in [0.15, 0.2) is 0 Å². The normalized spacial score (nSPS) is 13.1. The predicted octanol–water partition coefficient (Wildman–Crippen LogP) is -1.03. The maximum atomic E-state index is 10.1. The van der Waals surface area contributed by atoms with E-state index in [0.29, 0.717) is 6.42 Å². The monoisotopic (exact) mass is 290 g/mol. The number of unbranched alkanes of at least 4 members (excludes halogenated alkanes) is 6. The van der Waals surface area contributed by atoms with Crippen LogP contribution in [0.2, 0.25) is 0 Å². The molecule has 0 aliphatic heterocycles. The molecule has 0 saturated heterocycles. The van der Waals surface area contributed by atoms with Crippen LogP contribution < -0.4 is 29.6 Å². The molecular formula is C11H23NaO5S. The van der Waals surface area contributed by atoms with E-state index in [1.165, 1.54) is 0 Å². The fourth-order valence-electron chi connectivity index (χ4n) is 1.59. The summed E-state index contributed by atoms with van der Waals surface area (Å²) < 4.78 is 34.4. The van der Waals surface area contributed by atoms with Crippen molar-refractivity contribution >= 4 is 10.4 Å².